The number of benzene rings is 2. The fraction of sp³-hybridized carbons (Fsp3) is 0.238. The summed E-state index contributed by atoms with van der Waals surface area (Å²) in [6.07, 6.45) is -4.05. The van der Waals surface area contributed by atoms with E-state index in [1.807, 2.05) is 0 Å². The molecule has 160 valence electrons. The predicted molar refractivity (Wildman–Crippen MR) is 106 cm³/mol. The minimum absolute atomic E-state index is 0.132. The molecule has 0 saturated carbocycles. The Kier molecular flexibility index (Phi) is 7.00. The summed E-state index contributed by atoms with van der Waals surface area (Å²) in [5, 5.41) is 10.6. The van der Waals surface area contributed by atoms with Crippen LogP contribution >= 0.6 is 22.9 Å². The van der Waals surface area contributed by atoms with E-state index in [1.165, 1.54) is 17.5 Å². The number of halogens is 6. The van der Waals surface area contributed by atoms with E-state index in [9.17, 15) is 22.0 Å². The van der Waals surface area contributed by atoms with Crippen molar-refractivity contribution in [1.29, 1.82) is 0 Å². The predicted octanol–water partition coefficient (Wildman–Crippen LogP) is 6.87. The van der Waals surface area contributed by atoms with Crippen molar-refractivity contribution in [3.8, 4) is 16.9 Å². The minimum Gasteiger partial charge on any atom is -0.483 e. The van der Waals surface area contributed by atoms with Gasteiger partial charge in [0.2, 0.25) is 0 Å². The molecule has 3 rings (SSSR count). The molecule has 0 amide bonds. The van der Waals surface area contributed by atoms with Gasteiger partial charge >= 0.3 is 6.18 Å². The molecule has 0 spiro atoms. The Morgan fingerprint density at radius 2 is 1.67 bits per heavy atom. The Labute approximate surface area is 178 Å². The Morgan fingerprint density at radius 1 is 1.03 bits per heavy atom. The summed E-state index contributed by atoms with van der Waals surface area (Å²) in [7, 11) is 0. The number of aryl methyl sites for hydroxylation is 1. The van der Waals surface area contributed by atoms with Crippen molar-refractivity contribution in [2.24, 2.45) is 0 Å². The number of hydrogen-bond donors (Lipinski definition) is 1. The zero-order chi connectivity index (χ0) is 21.9. The van der Waals surface area contributed by atoms with Crippen molar-refractivity contribution >= 4 is 22.9 Å². The molecule has 30 heavy (non-hydrogen) atoms. The molecule has 2 nitrogen and oxygen atoms in total. The van der Waals surface area contributed by atoms with Crippen molar-refractivity contribution in [2.75, 3.05) is 6.61 Å². The van der Waals surface area contributed by atoms with Crippen molar-refractivity contribution in [2.45, 2.75) is 25.6 Å². The molecule has 3 aromatic rings. The molecule has 0 fully saturated rings. The topological polar surface area (TPSA) is 29.5 Å². The Morgan fingerprint density at radius 3 is 2.23 bits per heavy atom. The molecule has 0 atom stereocenters. The monoisotopic (exact) mass is 462 g/mol. The molecule has 0 saturated heterocycles. The van der Waals surface area contributed by atoms with E-state index < -0.39 is 35.0 Å². The first-order valence-electron chi connectivity index (χ1n) is 8.85. The second kappa shape index (κ2) is 9.32. The normalized spacial score (nSPS) is 11.7. The van der Waals surface area contributed by atoms with Crippen LogP contribution in [0.4, 0.5) is 22.0 Å². The first kappa shape index (κ1) is 22.5. The largest absolute Gasteiger partial charge is 0.483 e. The SMILES string of the molecule is OCCCc1cc(F)c(OCc2c(-c3ccc(Cl)cc3)csc2C(F)(F)F)c(F)c1. The van der Waals surface area contributed by atoms with E-state index in [2.05, 4.69) is 0 Å². The van der Waals surface area contributed by atoms with Crippen LogP contribution in [0.3, 0.4) is 0 Å². The lowest BCUT2D eigenvalue weighted by atomic mass is 10.0. The highest BCUT2D eigenvalue weighted by Gasteiger charge is 2.37. The van der Waals surface area contributed by atoms with Gasteiger partial charge in [-0.2, -0.15) is 13.2 Å². The fourth-order valence-electron chi connectivity index (χ4n) is 2.96. The van der Waals surface area contributed by atoms with Gasteiger partial charge in [0.15, 0.2) is 17.4 Å². The minimum atomic E-state index is -4.64. The maximum Gasteiger partial charge on any atom is 0.426 e. The van der Waals surface area contributed by atoms with Gasteiger partial charge in [0.05, 0.1) is 0 Å². The Balaban J connectivity index is 1.93. The highest BCUT2D eigenvalue weighted by molar-refractivity contribution is 7.10. The van der Waals surface area contributed by atoms with E-state index in [4.69, 9.17) is 21.4 Å². The van der Waals surface area contributed by atoms with Crippen LogP contribution in [0.25, 0.3) is 11.1 Å². The first-order chi connectivity index (χ1) is 14.2. The summed E-state index contributed by atoms with van der Waals surface area (Å²) in [6, 6.07) is 8.29. The molecular weight excluding hydrogens is 447 g/mol. The summed E-state index contributed by atoms with van der Waals surface area (Å²) < 4.78 is 74.2. The smallest absolute Gasteiger partial charge is 0.426 e. The third-order valence-corrected chi connectivity index (χ3v) is 5.67. The number of aliphatic hydroxyl groups excluding tert-OH is 1. The fourth-order valence-corrected chi connectivity index (χ4v) is 4.04. The number of alkyl halides is 3. The molecule has 0 unspecified atom stereocenters. The number of aliphatic hydroxyl groups is 1. The zero-order valence-electron chi connectivity index (χ0n) is 15.4. The third-order valence-electron chi connectivity index (χ3n) is 4.35. The standard InChI is InChI=1S/C21H16ClF5O2S/c22-14-5-3-13(4-6-14)16-11-30-20(21(25,26)27)15(16)10-29-19-17(23)8-12(2-1-7-28)9-18(19)24/h3-6,8-9,11,28H,1-2,7,10H2. The maximum absolute atomic E-state index is 14.3. The van der Waals surface area contributed by atoms with Gasteiger partial charge in [0.25, 0.3) is 0 Å². The molecule has 0 bridgehead atoms. The maximum atomic E-state index is 14.3. The second-order valence-corrected chi connectivity index (χ2v) is 7.78. The van der Waals surface area contributed by atoms with Crippen molar-refractivity contribution < 1.29 is 31.8 Å². The van der Waals surface area contributed by atoms with E-state index >= 15 is 0 Å². The molecular formula is C21H16ClF5O2S. The third kappa shape index (κ3) is 5.11. The van der Waals surface area contributed by atoms with Crippen LogP contribution in [0.2, 0.25) is 5.02 Å². The summed E-state index contributed by atoms with van der Waals surface area (Å²) in [5.74, 6) is -2.77. The van der Waals surface area contributed by atoms with Crippen LogP contribution < -0.4 is 4.74 Å². The number of hydrogen-bond acceptors (Lipinski definition) is 3. The highest BCUT2D eigenvalue weighted by Crippen LogP contribution is 2.42. The van der Waals surface area contributed by atoms with Gasteiger partial charge in [-0.3, -0.25) is 0 Å². The van der Waals surface area contributed by atoms with Crippen molar-refractivity contribution in [3.05, 3.63) is 74.4 Å². The van der Waals surface area contributed by atoms with Crippen LogP contribution in [-0.4, -0.2) is 11.7 Å². The quantitative estimate of drug-likeness (QED) is 0.388. The summed E-state index contributed by atoms with van der Waals surface area (Å²) in [4.78, 5) is -0.896. The van der Waals surface area contributed by atoms with Crippen LogP contribution in [0, 0.1) is 11.6 Å². The molecule has 1 aromatic heterocycles. The average molecular weight is 463 g/mol. The van der Waals surface area contributed by atoms with Crippen LogP contribution in [0.1, 0.15) is 22.4 Å². The summed E-state index contributed by atoms with van der Waals surface area (Å²) in [6.45, 7) is -0.798. The van der Waals surface area contributed by atoms with E-state index in [-0.39, 0.29) is 24.2 Å². The van der Waals surface area contributed by atoms with Gasteiger partial charge in [-0.05, 0) is 59.2 Å². The second-order valence-electron chi connectivity index (χ2n) is 6.47. The van der Waals surface area contributed by atoms with Crippen molar-refractivity contribution in [3.63, 3.8) is 0 Å². The lowest BCUT2D eigenvalue weighted by Crippen LogP contribution is -2.09. The average Bonchev–Trinajstić information content (AvgIpc) is 3.10. The lowest BCUT2D eigenvalue weighted by molar-refractivity contribution is -0.135. The lowest BCUT2D eigenvalue weighted by Gasteiger charge is -2.14. The summed E-state index contributed by atoms with van der Waals surface area (Å²) in [5.41, 5.74) is 0.840. The van der Waals surface area contributed by atoms with Crippen LogP contribution in [0.5, 0.6) is 5.75 Å². The van der Waals surface area contributed by atoms with Gasteiger partial charge in [-0.25, -0.2) is 8.78 Å². The number of thiophene rings is 1. The molecule has 1 N–H and O–H groups in total. The van der Waals surface area contributed by atoms with Gasteiger partial charge in [-0.15, -0.1) is 11.3 Å². The van der Waals surface area contributed by atoms with E-state index in [0.29, 0.717) is 33.9 Å². The van der Waals surface area contributed by atoms with Gasteiger partial charge < -0.3 is 9.84 Å². The Bertz CT molecular complexity index is 992. The van der Waals surface area contributed by atoms with Crippen LogP contribution in [-0.2, 0) is 19.2 Å². The molecule has 0 aliphatic rings. The molecule has 0 aliphatic carbocycles. The molecule has 0 radical (unpaired) electrons. The number of ether oxygens (including phenoxy) is 1. The zero-order valence-corrected chi connectivity index (χ0v) is 17.0. The summed E-state index contributed by atoms with van der Waals surface area (Å²) >= 11 is 6.33. The van der Waals surface area contributed by atoms with E-state index in [1.54, 1.807) is 12.1 Å². The Hall–Kier alpha value is -2.16. The molecule has 2 aromatic carbocycles. The number of rotatable bonds is 7. The molecule has 0 aliphatic heterocycles. The highest BCUT2D eigenvalue weighted by atomic mass is 35.5. The van der Waals surface area contributed by atoms with Crippen LogP contribution in [0.15, 0.2) is 41.8 Å². The van der Waals surface area contributed by atoms with Gasteiger partial charge in [0, 0.05) is 17.2 Å². The molecule has 1 heterocycles. The van der Waals surface area contributed by atoms with E-state index in [0.717, 1.165) is 12.1 Å². The van der Waals surface area contributed by atoms with Crippen molar-refractivity contribution in [1.82, 2.24) is 0 Å². The first-order valence-corrected chi connectivity index (χ1v) is 10.1. The van der Waals surface area contributed by atoms with Gasteiger partial charge in [-0.1, -0.05) is 23.7 Å². The van der Waals surface area contributed by atoms with Gasteiger partial charge in [0.1, 0.15) is 11.5 Å². The molecule has 9 heteroatoms.